The van der Waals surface area contributed by atoms with Gasteiger partial charge in [-0.1, -0.05) is 184 Å². The van der Waals surface area contributed by atoms with Crippen molar-refractivity contribution in [3.8, 4) is 112 Å². The number of carbonyl (C=O) groups is 1. The Bertz CT molecular complexity index is 5540. The first-order valence-electron chi connectivity index (χ1n) is 38.9. The number of nitrogens with zero attached hydrogens (tertiary/aromatic N) is 7. The number of pyridine rings is 7. The van der Waals surface area contributed by atoms with E-state index in [0.717, 1.165) is 84.5 Å². The molecule has 0 spiro atoms. The molecule has 17 aromatic rings. The van der Waals surface area contributed by atoms with Crippen LogP contribution in [0.15, 0.2) is 371 Å². The number of aryl methyl sites for hydroxylation is 9. The van der Waals surface area contributed by atoms with E-state index < -0.39 is 0 Å². The van der Waals surface area contributed by atoms with Crippen LogP contribution in [0, 0.1) is 105 Å². The third kappa shape index (κ3) is 36.4. The Morgan fingerprint density at radius 2 is 0.632 bits per heavy atom. The molecule has 125 heavy (non-hydrogen) atoms. The number of ketones is 1. The summed E-state index contributed by atoms with van der Waals surface area (Å²) in [6, 6.07) is 130. The molecular weight excluding hydrogens is 2240 g/mol. The van der Waals surface area contributed by atoms with Crippen molar-refractivity contribution in [2.24, 2.45) is 0 Å². The van der Waals surface area contributed by atoms with Crippen LogP contribution in [0.25, 0.3) is 112 Å². The molecular formula is C112H106Ir4N7O2-7. The molecule has 0 bridgehead atoms. The predicted molar refractivity (Wildman–Crippen MR) is 506 cm³/mol. The fourth-order valence-electron chi connectivity index (χ4n) is 12.3. The van der Waals surface area contributed by atoms with Crippen molar-refractivity contribution in [3.05, 3.63) is 463 Å². The molecule has 0 atom stereocenters. The van der Waals surface area contributed by atoms with E-state index in [0.29, 0.717) is 0 Å². The number of hydrogen-bond acceptors (Lipinski definition) is 9. The molecule has 0 fully saturated rings. The van der Waals surface area contributed by atoms with Crippen molar-refractivity contribution in [3.63, 3.8) is 0 Å². The van der Waals surface area contributed by atoms with Crippen LogP contribution in [0.1, 0.15) is 86.3 Å². The Labute approximate surface area is 797 Å². The molecule has 13 heteroatoms. The SMILES string of the molecule is C.C.C.CC(=O)C=C(C)O.Cc1c[c-]c(-c2ccc(C)cn2)cc1.Cc1cc(-c2[c-]cccc2)ncc1-c1ccccc1.Cc1cc(C)cc(-c2ccnc(-c3[c-]cccc3)c2)c1.Cc1cc(C)cc(-c2ccnc(-c3[c-]cccc3)c2)c1.Cc1cc(C)nc(-c2[c-]cccc2)c1.[Ir].[Ir].[Ir].[Ir].[c-]1ccccc1-c1ccccn1.[c-]1ccccc1-c1ccccn1. The standard InChI is InChI=1S/2C19H16N.C18H14N.2C13H12N.2C11H8N.C5H8O2.3CH4.4Ir/c2*1-14-10-15(2)12-18(11-14)17-8-9-20-19(13-17)16-6-4-3-5-7-16;1-14-12-18(16-10-6-3-7-11-16)19-13-17(14)15-8-4-2-5-9-15;1-10-3-6-12(7-4-10)13-8-5-11(2)9-14-13;1-10-8-11(2)14-13(9-10)12-6-4-3-5-7-12;2*1-2-6-10(7-3-1)11-8-4-5-9-12-11;1-4(6)3-5(2)7;;;;;;;/h2*3-6,8-13H,1-2H3;2-10,12-13H,1H3;2*3-6,8-9H,1-2H3;2*1-6,8-9H;3,6H,1-2H3;3*1H4;;;;/q7*-1;;;;;;;;. The minimum absolute atomic E-state index is 0. The zero-order valence-electron chi connectivity index (χ0n) is 70.0. The molecule has 0 aliphatic carbocycles. The van der Waals surface area contributed by atoms with Crippen molar-refractivity contribution >= 4 is 5.78 Å². The Morgan fingerprint density at radius 3 is 0.968 bits per heavy atom. The van der Waals surface area contributed by atoms with Crippen LogP contribution in [0.5, 0.6) is 0 Å². The Hall–Kier alpha value is -11.9. The maximum Gasteiger partial charge on any atom is 0.155 e. The van der Waals surface area contributed by atoms with Gasteiger partial charge in [0.2, 0.25) is 0 Å². The second-order valence-electron chi connectivity index (χ2n) is 28.0. The third-order valence-electron chi connectivity index (χ3n) is 17.7. The van der Waals surface area contributed by atoms with Crippen LogP contribution < -0.4 is 0 Å². The van der Waals surface area contributed by atoms with Crippen molar-refractivity contribution in [2.75, 3.05) is 0 Å². The molecule has 0 saturated carbocycles. The van der Waals surface area contributed by atoms with Crippen molar-refractivity contribution in [1.29, 1.82) is 0 Å². The number of aliphatic hydroxyl groups is 1. The first-order chi connectivity index (χ1) is 57.4. The fourth-order valence-corrected chi connectivity index (χ4v) is 12.3. The van der Waals surface area contributed by atoms with Gasteiger partial charge in [0.15, 0.2) is 5.78 Å². The average molecular weight is 2350 g/mol. The number of aliphatic hydroxyl groups excluding tert-OH is 1. The van der Waals surface area contributed by atoms with Gasteiger partial charge in [-0.15, -0.1) is 251 Å². The van der Waals surface area contributed by atoms with Crippen molar-refractivity contribution in [1.82, 2.24) is 34.9 Å². The van der Waals surface area contributed by atoms with E-state index in [1.807, 2.05) is 257 Å². The second kappa shape index (κ2) is 57.5. The molecule has 0 amide bonds. The maximum atomic E-state index is 10.0. The zero-order chi connectivity index (χ0) is 83.2. The molecule has 9 nitrogen and oxygen atoms in total. The van der Waals surface area contributed by atoms with Gasteiger partial charge in [0.05, 0.1) is 5.76 Å². The predicted octanol–water partition coefficient (Wildman–Crippen LogP) is 28.6. The van der Waals surface area contributed by atoms with Gasteiger partial charge in [0.25, 0.3) is 0 Å². The number of carbonyl (C=O) groups excluding carboxylic acids is 1. The summed E-state index contributed by atoms with van der Waals surface area (Å²) in [5.41, 5.74) is 32.4. The van der Waals surface area contributed by atoms with Crippen molar-refractivity contribution in [2.45, 2.75) is 98.4 Å². The first kappa shape index (κ1) is 107. The van der Waals surface area contributed by atoms with Crippen LogP contribution in [0.3, 0.4) is 0 Å². The molecule has 644 valence electrons. The molecule has 1 N–H and O–H groups in total. The summed E-state index contributed by atoms with van der Waals surface area (Å²) >= 11 is 0. The normalized spacial score (nSPS) is 9.70. The summed E-state index contributed by atoms with van der Waals surface area (Å²) in [4.78, 5) is 40.7. The summed E-state index contributed by atoms with van der Waals surface area (Å²) in [7, 11) is 0. The Balaban J connectivity index is 0.000000371. The van der Waals surface area contributed by atoms with Gasteiger partial charge >= 0.3 is 0 Å². The van der Waals surface area contributed by atoms with Crippen LogP contribution in [-0.4, -0.2) is 45.8 Å². The van der Waals surface area contributed by atoms with Crippen LogP contribution in [0.2, 0.25) is 0 Å². The number of benzene rings is 10. The number of allylic oxidation sites excluding steroid dienone is 2. The van der Waals surface area contributed by atoms with Gasteiger partial charge < -0.3 is 40.0 Å². The smallest absolute Gasteiger partial charge is 0.155 e. The second-order valence-corrected chi connectivity index (χ2v) is 28.0. The molecule has 0 aliphatic heterocycles. The van der Waals surface area contributed by atoms with Gasteiger partial charge in [0.1, 0.15) is 0 Å². The summed E-state index contributed by atoms with van der Waals surface area (Å²) in [5.74, 6) is -0.0625. The minimum atomic E-state index is -0.125. The van der Waals surface area contributed by atoms with E-state index in [2.05, 4.69) is 229 Å². The molecule has 0 aliphatic rings. The first-order valence-corrected chi connectivity index (χ1v) is 38.9. The topological polar surface area (TPSA) is 128 Å². The van der Waals surface area contributed by atoms with E-state index in [1.54, 1.807) is 12.4 Å². The summed E-state index contributed by atoms with van der Waals surface area (Å²) < 4.78 is 0. The van der Waals surface area contributed by atoms with E-state index in [9.17, 15) is 4.79 Å². The molecule has 7 heterocycles. The maximum absolute atomic E-state index is 10.0. The zero-order valence-corrected chi connectivity index (χ0v) is 79.5. The van der Waals surface area contributed by atoms with E-state index >= 15 is 0 Å². The summed E-state index contributed by atoms with van der Waals surface area (Å²) in [5, 5.41) is 8.36. The largest absolute Gasteiger partial charge is 0.512 e. The Morgan fingerprint density at radius 1 is 0.280 bits per heavy atom. The Kier molecular flexibility index (Phi) is 49.3. The van der Waals surface area contributed by atoms with Gasteiger partial charge in [-0.3, -0.25) is 4.79 Å². The molecule has 17 rings (SSSR count). The minimum Gasteiger partial charge on any atom is -0.512 e. The van der Waals surface area contributed by atoms with Gasteiger partial charge in [-0.25, -0.2) is 0 Å². The van der Waals surface area contributed by atoms with Gasteiger partial charge in [0, 0.05) is 135 Å². The molecule has 4 radical (unpaired) electrons. The number of rotatable bonds is 11. The molecule has 7 aromatic heterocycles. The average Bonchev–Trinajstić information content (AvgIpc) is 0.833. The number of aromatic nitrogens is 7. The van der Waals surface area contributed by atoms with Crippen LogP contribution >= 0.6 is 0 Å². The van der Waals surface area contributed by atoms with E-state index in [-0.39, 0.29) is 114 Å². The van der Waals surface area contributed by atoms with E-state index in [4.69, 9.17) is 5.11 Å². The number of hydrogen-bond donors (Lipinski definition) is 1. The van der Waals surface area contributed by atoms with E-state index in [1.165, 1.54) is 97.8 Å². The van der Waals surface area contributed by atoms with Gasteiger partial charge in [-0.2, -0.15) is 0 Å². The van der Waals surface area contributed by atoms with Crippen LogP contribution in [0.4, 0.5) is 0 Å². The molecule has 0 saturated heterocycles. The quantitative estimate of drug-likeness (QED) is 0.0765. The molecule has 0 unspecified atom stereocenters. The van der Waals surface area contributed by atoms with Crippen molar-refractivity contribution < 1.29 is 90.3 Å². The molecule has 10 aromatic carbocycles. The van der Waals surface area contributed by atoms with Gasteiger partial charge in [-0.05, 0) is 178 Å². The third-order valence-corrected chi connectivity index (χ3v) is 17.7. The fraction of sp³-hybridized carbons (Fsp3) is 0.125. The van der Waals surface area contributed by atoms with Crippen LogP contribution in [-0.2, 0) is 85.2 Å². The summed E-state index contributed by atoms with van der Waals surface area (Å²) in [6.45, 7) is 21.7. The monoisotopic (exact) mass is 2350 g/mol. The summed E-state index contributed by atoms with van der Waals surface area (Å²) in [6.07, 6.45) is 12.3.